The van der Waals surface area contributed by atoms with Crippen LogP contribution in [0, 0.1) is 6.92 Å². The van der Waals surface area contributed by atoms with Crippen molar-refractivity contribution in [3.63, 3.8) is 0 Å². The highest BCUT2D eigenvalue weighted by atomic mass is 16.3. The van der Waals surface area contributed by atoms with Gasteiger partial charge in [0.1, 0.15) is 11.0 Å². The monoisotopic (exact) mass is 324 g/mol. The van der Waals surface area contributed by atoms with E-state index in [-0.39, 0.29) is 0 Å². The molecule has 0 amide bonds. The van der Waals surface area contributed by atoms with Gasteiger partial charge in [-0.2, -0.15) is 0 Å². The summed E-state index contributed by atoms with van der Waals surface area (Å²) < 4.78 is 6.18. The van der Waals surface area contributed by atoms with Crippen LogP contribution in [0.2, 0.25) is 0 Å². The Morgan fingerprint density at radius 3 is 2.56 bits per heavy atom. The molecule has 0 N–H and O–H groups in total. The summed E-state index contributed by atoms with van der Waals surface area (Å²) in [7, 11) is 0. The van der Waals surface area contributed by atoms with Gasteiger partial charge in [0.15, 0.2) is 0 Å². The van der Waals surface area contributed by atoms with Gasteiger partial charge in [-0.25, -0.2) is 0 Å². The minimum atomic E-state index is 0.904. The van der Waals surface area contributed by atoms with E-state index in [0.717, 1.165) is 27.2 Å². The van der Waals surface area contributed by atoms with Crippen molar-refractivity contribution in [2.24, 2.45) is 0 Å². The van der Waals surface area contributed by atoms with Crippen molar-refractivity contribution in [2.45, 2.75) is 13.8 Å². The van der Waals surface area contributed by atoms with Gasteiger partial charge in [0.25, 0.3) is 0 Å². The normalized spacial score (nSPS) is 13.4. The first-order valence-electron chi connectivity index (χ1n) is 8.49. The molecule has 25 heavy (non-hydrogen) atoms. The SMILES string of the molecule is C=C/C=c1\c(=C(/C)c2ccc3cc(C)ccc3c2)oc2ccccc12. The number of rotatable bonds is 2. The number of fused-ring (bicyclic) bond motifs is 2. The van der Waals surface area contributed by atoms with Crippen LogP contribution in [0.25, 0.3) is 33.4 Å². The molecule has 0 aliphatic heterocycles. The summed E-state index contributed by atoms with van der Waals surface area (Å²) in [5.74, 6) is 0. The fraction of sp³-hybridized carbons (Fsp3) is 0.0833. The maximum absolute atomic E-state index is 6.18. The van der Waals surface area contributed by atoms with Gasteiger partial charge < -0.3 is 4.42 Å². The number of hydrogen-bond donors (Lipinski definition) is 0. The van der Waals surface area contributed by atoms with Crippen molar-refractivity contribution >= 4 is 33.4 Å². The van der Waals surface area contributed by atoms with Crippen molar-refractivity contribution in [1.29, 1.82) is 0 Å². The second-order valence-corrected chi connectivity index (χ2v) is 6.43. The van der Waals surface area contributed by atoms with Crippen molar-refractivity contribution in [1.82, 2.24) is 0 Å². The van der Waals surface area contributed by atoms with Gasteiger partial charge in [-0.1, -0.05) is 72.8 Å². The van der Waals surface area contributed by atoms with Crippen LogP contribution in [-0.2, 0) is 0 Å². The van der Waals surface area contributed by atoms with Crippen molar-refractivity contribution < 1.29 is 4.42 Å². The molecule has 0 unspecified atom stereocenters. The van der Waals surface area contributed by atoms with Crippen molar-refractivity contribution in [3.05, 3.63) is 95.1 Å². The predicted molar refractivity (Wildman–Crippen MR) is 107 cm³/mol. The molecular weight excluding hydrogens is 304 g/mol. The summed E-state index contributed by atoms with van der Waals surface area (Å²) in [5, 5.41) is 4.71. The number of furan rings is 1. The number of benzene rings is 3. The molecule has 0 spiro atoms. The molecule has 4 rings (SSSR count). The molecule has 122 valence electrons. The minimum absolute atomic E-state index is 0.904. The zero-order valence-corrected chi connectivity index (χ0v) is 14.5. The molecule has 1 aromatic heterocycles. The van der Waals surface area contributed by atoms with E-state index in [1.807, 2.05) is 30.4 Å². The molecule has 1 nitrogen and oxygen atoms in total. The summed E-state index contributed by atoms with van der Waals surface area (Å²) in [6.07, 6.45) is 3.84. The van der Waals surface area contributed by atoms with E-state index in [1.54, 1.807) is 0 Å². The van der Waals surface area contributed by atoms with Crippen molar-refractivity contribution in [3.8, 4) is 0 Å². The number of allylic oxidation sites excluding steroid dienone is 1. The highest BCUT2D eigenvalue weighted by Gasteiger charge is 2.07. The third-order valence-electron chi connectivity index (χ3n) is 4.69. The molecule has 4 aromatic rings. The van der Waals surface area contributed by atoms with Crippen LogP contribution < -0.4 is 10.6 Å². The molecule has 0 bridgehead atoms. The summed E-state index contributed by atoms with van der Waals surface area (Å²) in [5.41, 5.74) is 5.40. The lowest BCUT2D eigenvalue weighted by Gasteiger charge is -2.04. The molecule has 0 radical (unpaired) electrons. The van der Waals surface area contributed by atoms with E-state index >= 15 is 0 Å². The zero-order chi connectivity index (χ0) is 17.4. The largest absolute Gasteiger partial charge is 0.456 e. The molecule has 1 heterocycles. The first-order valence-corrected chi connectivity index (χ1v) is 8.49. The van der Waals surface area contributed by atoms with Gasteiger partial charge in [-0.15, -0.1) is 0 Å². The molecule has 1 heteroatoms. The second kappa shape index (κ2) is 6.10. The topological polar surface area (TPSA) is 13.1 Å². The minimum Gasteiger partial charge on any atom is -0.456 e. The summed E-state index contributed by atoms with van der Waals surface area (Å²) in [6, 6.07) is 21.3. The Morgan fingerprint density at radius 2 is 1.72 bits per heavy atom. The van der Waals surface area contributed by atoms with Crippen LogP contribution in [-0.4, -0.2) is 0 Å². The Hall–Kier alpha value is -3.06. The number of aryl methyl sites for hydroxylation is 1. The van der Waals surface area contributed by atoms with Crippen LogP contribution in [0.1, 0.15) is 18.1 Å². The Morgan fingerprint density at radius 1 is 0.960 bits per heavy atom. The lowest BCUT2D eigenvalue weighted by atomic mass is 10.0. The number of para-hydroxylation sites is 1. The fourth-order valence-corrected chi connectivity index (χ4v) is 3.36. The van der Waals surface area contributed by atoms with E-state index in [9.17, 15) is 0 Å². The maximum Gasteiger partial charge on any atom is 0.138 e. The van der Waals surface area contributed by atoms with Gasteiger partial charge in [-0.05, 0) is 47.9 Å². The zero-order valence-electron chi connectivity index (χ0n) is 14.5. The van der Waals surface area contributed by atoms with E-state index in [1.165, 1.54) is 21.9 Å². The maximum atomic E-state index is 6.18. The smallest absolute Gasteiger partial charge is 0.138 e. The molecule has 3 aromatic carbocycles. The lowest BCUT2D eigenvalue weighted by Crippen LogP contribution is -2.22. The van der Waals surface area contributed by atoms with Crippen LogP contribution in [0.15, 0.2) is 77.7 Å². The highest BCUT2D eigenvalue weighted by Crippen LogP contribution is 2.21. The van der Waals surface area contributed by atoms with Crippen LogP contribution >= 0.6 is 0 Å². The highest BCUT2D eigenvalue weighted by molar-refractivity contribution is 5.87. The van der Waals surface area contributed by atoms with Gasteiger partial charge in [-0.3, -0.25) is 0 Å². The third kappa shape index (κ3) is 2.68. The van der Waals surface area contributed by atoms with E-state index in [2.05, 4.69) is 62.9 Å². The van der Waals surface area contributed by atoms with Gasteiger partial charge in [0, 0.05) is 10.6 Å². The lowest BCUT2D eigenvalue weighted by molar-refractivity contribution is 0.572. The van der Waals surface area contributed by atoms with E-state index < -0.39 is 0 Å². The average molecular weight is 324 g/mol. The van der Waals surface area contributed by atoms with Crippen LogP contribution in [0.4, 0.5) is 0 Å². The number of hydrogen-bond acceptors (Lipinski definition) is 1. The third-order valence-corrected chi connectivity index (χ3v) is 4.69. The van der Waals surface area contributed by atoms with Gasteiger partial charge >= 0.3 is 0 Å². The standard InChI is InChI=1S/C24H20O/c1-4-7-22-21-8-5-6-9-23(21)25-24(22)17(3)18-12-13-19-14-16(2)10-11-20(19)15-18/h4-15H,1H2,2-3H3/b22-7-,24-17-. The van der Waals surface area contributed by atoms with Crippen LogP contribution in [0.5, 0.6) is 0 Å². The Kier molecular flexibility index (Phi) is 3.77. The Labute approximate surface area is 147 Å². The molecule has 0 aliphatic carbocycles. The van der Waals surface area contributed by atoms with Gasteiger partial charge in [0.2, 0.25) is 0 Å². The quantitative estimate of drug-likeness (QED) is 0.501. The Balaban J connectivity index is 2.04. The molecular formula is C24H20O. The molecule has 0 saturated carbocycles. The molecule has 0 saturated heterocycles. The molecule has 0 fully saturated rings. The predicted octanol–water partition coefficient (Wildman–Crippen LogP) is 5.08. The fourth-order valence-electron chi connectivity index (χ4n) is 3.36. The summed E-state index contributed by atoms with van der Waals surface area (Å²) in [6.45, 7) is 8.10. The average Bonchev–Trinajstić information content (AvgIpc) is 3.00. The second-order valence-electron chi connectivity index (χ2n) is 6.43. The van der Waals surface area contributed by atoms with Crippen molar-refractivity contribution in [2.75, 3.05) is 0 Å². The molecule has 0 atom stereocenters. The van der Waals surface area contributed by atoms with E-state index in [0.29, 0.717) is 0 Å². The van der Waals surface area contributed by atoms with E-state index in [4.69, 9.17) is 4.42 Å². The Bertz CT molecular complexity index is 1220. The van der Waals surface area contributed by atoms with Crippen LogP contribution in [0.3, 0.4) is 0 Å². The summed E-state index contributed by atoms with van der Waals surface area (Å²) in [4.78, 5) is 0. The summed E-state index contributed by atoms with van der Waals surface area (Å²) >= 11 is 0. The first kappa shape index (κ1) is 15.5. The first-order chi connectivity index (χ1) is 12.2. The van der Waals surface area contributed by atoms with Gasteiger partial charge in [0.05, 0.1) is 0 Å². The molecule has 0 aliphatic rings.